The average molecular weight is 298 g/mol. The highest BCUT2D eigenvalue weighted by molar-refractivity contribution is 7.12. The number of rotatable bonds is 5. The molecule has 104 valence electrons. The van der Waals surface area contributed by atoms with E-state index in [1.165, 1.54) is 9.75 Å². The van der Waals surface area contributed by atoms with Gasteiger partial charge in [0.2, 0.25) is 0 Å². The fourth-order valence-electron chi connectivity index (χ4n) is 2.16. The van der Waals surface area contributed by atoms with Gasteiger partial charge in [-0.1, -0.05) is 18.5 Å². The topological polar surface area (TPSA) is 43.8 Å². The molecule has 0 saturated heterocycles. The molecule has 0 bridgehead atoms. The zero-order valence-corrected chi connectivity index (χ0v) is 13.2. The molecule has 0 radical (unpaired) electrons. The minimum atomic E-state index is -0.0100. The van der Waals surface area contributed by atoms with Gasteiger partial charge in [0.25, 0.3) is 0 Å². The van der Waals surface area contributed by atoms with Crippen LogP contribution in [0.4, 0.5) is 0 Å². The summed E-state index contributed by atoms with van der Waals surface area (Å²) in [6.07, 6.45) is 1.79. The van der Waals surface area contributed by atoms with Gasteiger partial charge in [0.15, 0.2) is 0 Å². The first kappa shape index (κ1) is 14.6. The van der Waals surface area contributed by atoms with Crippen LogP contribution in [0.2, 0.25) is 5.02 Å². The van der Waals surface area contributed by atoms with E-state index in [1.807, 2.05) is 11.6 Å². The molecule has 2 heterocycles. The summed E-state index contributed by atoms with van der Waals surface area (Å²) in [4.78, 5) is 2.59. The Morgan fingerprint density at radius 1 is 1.42 bits per heavy atom. The maximum atomic E-state index is 6.32. The summed E-state index contributed by atoms with van der Waals surface area (Å²) in [6, 6.07) is 4.27. The molecule has 1 unspecified atom stereocenters. The first-order valence-corrected chi connectivity index (χ1v) is 7.82. The molecule has 0 aromatic carbocycles. The Kier molecular flexibility index (Phi) is 4.66. The summed E-state index contributed by atoms with van der Waals surface area (Å²) in [5.41, 5.74) is 8.23. The van der Waals surface area contributed by atoms with E-state index in [1.54, 1.807) is 11.3 Å². The third kappa shape index (κ3) is 3.02. The van der Waals surface area contributed by atoms with Crippen LogP contribution in [-0.4, -0.2) is 9.78 Å². The Morgan fingerprint density at radius 2 is 2.16 bits per heavy atom. The largest absolute Gasteiger partial charge is 0.323 e. The van der Waals surface area contributed by atoms with Crippen LogP contribution in [0.25, 0.3) is 0 Å². The van der Waals surface area contributed by atoms with Crippen LogP contribution < -0.4 is 5.73 Å². The Morgan fingerprint density at radius 3 is 2.74 bits per heavy atom. The van der Waals surface area contributed by atoms with E-state index in [0.717, 1.165) is 35.8 Å². The van der Waals surface area contributed by atoms with Crippen LogP contribution in [0.15, 0.2) is 12.1 Å². The zero-order valence-electron chi connectivity index (χ0n) is 11.6. The second-order valence-electron chi connectivity index (χ2n) is 4.63. The lowest BCUT2D eigenvalue weighted by atomic mass is 10.1. The Labute approximate surface area is 123 Å². The number of aryl methyl sites for hydroxylation is 3. The second-order valence-corrected chi connectivity index (χ2v) is 6.21. The van der Waals surface area contributed by atoms with Crippen molar-refractivity contribution in [2.24, 2.45) is 5.73 Å². The minimum absolute atomic E-state index is 0.0100. The lowest BCUT2D eigenvalue weighted by molar-refractivity contribution is 0.590. The minimum Gasteiger partial charge on any atom is -0.323 e. The molecule has 2 N–H and O–H groups in total. The molecule has 0 spiro atoms. The van der Waals surface area contributed by atoms with Crippen molar-refractivity contribution in [3.05, 3.63) is 38.3 Å². The van der Waals surface area contributed by atoms with Gasteiger partial charge in [-0.15, -0.1) is 11.3 Å². The van der Waals surface area contributed by atoms with E-state index < -0.39 is 0 Å². The van der Waals surface area contributed by atoms with E-state index in [-0.39, 0.29) is 6.04 Å². The van der Waals surface area contributed by atoms with Crippen LogP contribution in [-0.2, 0) is 19.4 Å². The van der Waals surface area contributed by atoms with E-state index >= 15 is 0 Å². The quantitative estimate of drug-likeness (QED) is 0.914. The van der Waals surface area contributed by atoms with E-state index in [9.17, 15) is 0 Å². The summed E-state index contributed by atoms with van der Waals surface area (Å²) in [5.74, 6) is 0. The van der Waals surface area contributed by atoms with Crippen LogP contribution in [0, 0.1) is 6.92 Å². The molecule has 0 fully saturated rings. The molecule has 5 heteroatoms. The first-order valence-electron chi connectivity index (χ1n) is 6.62. The van der Waals surface area contributed by atoms with Crippen molar-refractivity contribution in [2.75, 3.05) is 0 Å². The van der Waals surface area contributed by atoms with Crippen LogP contribution in [0.3, 0.4) is 0 Å². The highest BCUT2D eigenvalue weighted by Crippen LogP contribution is 2.28. The maximum Gasteiger partial charge on any atom is 0.0847 e. The molecule has 0 saturated carbocycles. The van der Waals surface area contributed by atoms with Gasteiger partial charge in [-0.05, 0) is 32.4 Å². The highest BCUT2D eigenvalue weighted by atomic mass is 35.5. The lowest BCUT2D eigenvalue weighted by Gasteiger charge is -2.11. The molecular weight excluding hydrogens is 278 g/mol. The van der Waals surface area contributed by atoms with Crippen molar-refractivity contribution in [2.45, 2.75) is 46.2 Å². The van der Waals surface area contributed by atoms with Crippen molar-refractivity contribution < 1.29 is 0 Å². The predicted molar refractivity (Wildman–Crippen MR) is 82.0 cm³/mol. The monoisotopic (exact) mass is 297 g/mol. The van der Waals surface area contributed by atoms with E-state index in [2.05, 4.69) is 31.1 Å². The summed E-state index contributed by atoms with van der Waals surface area (Å²) in [5, 5.41) is 5.18. The average Bonchev–Trinajstić information content (AvgIpc) is 2.98. The smallest absolute Gasteiger partial charge is 0.0847 e. The van der Waals surface area contributed by atoms with Gasteiger partial charge in [-0.25, -0.2) is 0 Å². The van der Waals surface area contributed by atoms with Crippen molar-refractivity contribution in [3.63, 3.8) is 0 Å². The number of halogens is 1. The summed E-state index contributed by atoms with van der Waals surface area (Å²) in [7, 11) is 0. The fourth-order valence-corrected chi connectivity index (χ4v) is 3.32. The molecule has 3 nitrogen and oxygen atoms in total. The molecule has 19 heavy (non-hydrogen) atoms. The summed E-state index contributed by atoms with van der Waals surface area (Å²) in [6.45, 7) is 6.98. The number of aromatic nitrogens is 2. The van der Waals surface area contributed by atoms with Crippen molar-refractivity contribution in [1.82, 2.24) is 9.78 Å². The van der Waals surface area contributed by atoms with Crippen LogP contribution in [0.1, 0.15) is 41.0 Å². The SMILES string of the molecule is CCc1ccc(C(N)Cc2c(Cl)c(C)nn2CC)s1. The lowest BCUT2D eigenvalue weighted by Crippen LogP contribution is -2.15. The van der Waals surface area contributed by atoms with Crippen LogP contribution >= 0.6 is 22.9 Å². The Bertz CT molecular complexity index is 559. The van der Waals surface area contributed by atoms with Gasteiger partial charge in [0.1, 0.15) is 0 Å². The molecule has 2 aromatic heterocycles. The maximum absolute atomic E-state index is 6.32. The number of thiophene rings is 1. The molecule has 0 aliphatic heterocycles. The van der Waals surface area contributed by atoms with Crippen LogP contribution in [0.5, 0.6) is 0 Å². The molecule has 0 amide bonds. The summed E-state index contributed by atoms with van der Waals surface area (Å²) >= 11 is 8.11. The van der Waals surface area contributed by atoms with Gasteiger partial charge in [0, 0.05) is 28.8 Å². The highest BCUT2D eigenvalue weighted by Gasteiger charge is 2.17. The third-order valence-corrected chi connectivity index (χ3v) is 5.12. The second kappa shape index (κ2) is 6.07. The van der Waals surface area contributed by atoms with Gasteiger partial charge in [-0.2, -0.15) is 5.10 Å². The molecule has 1 atom stereocenters. The van der Waals surface area contributed by atoms with E-state index in [4.69, 9.17) is 17.3 Å². The van der Waals surface area contributed by atoms with Crippen molar-refractivity contribution >= 4 is 22.9 Å². The standard InChI is InChI=1S/C14H20ClN3S/c1-4-10-6-7-13(19-10)11(16)8-12-14(15)9(3)17-18(12)5-2/h6-7,11H,4-5,8,16H2,1-3H3. The number of nitrogens with two attached hydrogens (primary N) is 1. The molecule has 0 aliphatic carbocycles. The van der Waals surface area contributed by atoms with Gasteiger partial charge < -0.3 is 5.73 Å². The molecular formula is C14H20ClN3S. The van der Waals surface area contributed by atoms with Gasteiger partial charge in [-0.3, -0.25) is 4.68 Å². The fraction of sp³-hybridized carbons (Fsp3) is 0.500. The van der Waals surface area contributed by atoms with Crippen molar-refractivity contribution in [3.8, 4) is 0 Å². The number of hydrogen-bond acceptors (Lipinski definition) is 3. The molecule has 2 rings (SSSR count). The molecule has 2 aromatic rings. The number of hydrogen-bond donors (Lipinski definition) is 1. The van der Waals surface area contributed by atoms with Gasteiger partial charge >= 0.3 is 0 Å². The van der Waals surface area contributed by atoms with Gasteiger partial charge in [0.05, 0.1) is 16.4 Å². The van der Waals surface area contributed by atoms with Crippen molar-refractivity contribution in [1.29, 1.82) is 0 Å². The first-order chi connectivity index (χ1) is 9.06. The number of nitrogens with zero attached hydrogens (tertiary/aromatic N) is 2. The Balaban J connectivity index is 2.20. The normalized spacial score (nSPS) is 12.9. The zero-order chi connectivity index (χ0) is 14.0. The third-order valence-electron chi connectivity index (χ3n) is 3.26. The molecule has 0 aliphatic rings. The van der Waals surface area contributed by atoms with E-state index in [0.29, 0.717) is 0 Å². The predicted octanol–water partition coefficient (Wildman–Crippen LogP) is 3.73. The Hall–Kier alpha value is -0.840. The summed E-state index contributed by atoms with van der Waals surface area (Å²) < 4.78 is 1.95.